The van der Waals surface area contributed by atoms with Gasteiger partial charge < -0.3 is 0 Å². The third kappa shape index (κ3) is 3.96. The van der Waals surface area contributed by atoms with Gasteiger partial charge in [0.15, 0.2) is 0 Å². The first-order valence-corrected chi connectivity index (χ1v) is 6.92. The zero-order chi connectivity index (χ0) is 17.1. The largest absolute Gasteiger partial charge is 0.415 e. The van der Waals surface area contributed by atoms with Crippen molar-refractivity contribution >= 4 is 0 Å². The number of allylic oxidation sites excluding steroid dienone is 3. The fraction of sp³-hybridized carbons (Fsp3) is 0.412. The molecule has 1 aromatic carbocycles. The maximum atomic E-state index is 14.5. The molecule has 0 N–H and O–H groups in total. The first-order valence-electron chi connectivity index (χ1n) is 6.92. The van der Waals surface area contributed by atoms with E-state index in [0.29, 0.717) is 18.1 Å². The van der Waals surface area contributed by atoms with E-state index < -0.39 is 29.2 Å². The van der Waals surface area contributed by atoms with Crippen molar-refractivity contribution in [2.24, 2.45) is 0 Å². The first-order chi connectivity index (χ1) is 10.0. The Hall–Kier alpha value is -1.65. The predicted octanol–water partition coefficient (Wildman–Crippen LogP) is 6.05. The summed E-state index contributed by atoms with van der Waals surface area (Å²) in [6, 6.07) is 6.73. The van der Waals surface area contributed by atoms with Gasteiger partial charge in [-0.25, -0.2) is 8.78 Å². The molecule has 0 aliphatic heterocycles. The SMILES string of the molecule is C=C(/C=C(\C)C(F)(F)C(C)c1ccccc1CC)C(F)(F)F. The average Bonchev–Trinajstić information content (AvgIpc) is 2.45. The van der Waals surface area contributed by atoms with Crippen LogP contribution < -0.4 is 0 Å². The number of halogens is 5. The van der Waals surface area contributed by atoms with E-state index in [9.17, 15) is 22.0 Å². The van der Waals surface area contributed by atoms with Crippen molar-refractivity contribution in [3.05, 3.63) is 59.2 Å². The molecule has 0 spiro atoms. The van der Waals surface area contributed by atoms with Gasteiger partial charge in [0.2, 0.25) is 0 Å². The van der Waals surface area contributed by atoms with E-state index in [-0.39, 0.29) is 0 Å². The highest BCUT2D eigenvalue weighted by Crippen LogP contribution is 2.41. The summed E-state index contributed by atoms with van der Waals surface area (Å²) >= 11 is 0. The molecule has 0 saturated heterocycles. The second kappa shape index (κ2) is 6.63. The molecule has 5 heteroatoms. The number of rotatable bonds is 5. The van der Waals surface area contributed by atoms with Crippen LogP contribution in [0.25, 0.3) is 0 Å². The molecule has 0 fully saturated rings. The van der Waals surface area contributed by atoms with Crippen LogP contribution in [-0.2, 0) is 6.42 Å². The molecule has 0 aliphatic carbocycles. The fourth-order valence-electron chi connectivity index (χ4n) is 2.25. The standard InChI is InChI=1S/C17H19F5/c1-5-14-8-6-7-9-15(14)13(4)16(18,19)11(2)10-12(3)17(20,21)22/h6-10,13H,3,5H2,1-2,4H3/b11-10+. The molecule has 0 aliphatic rings. The molecule has 0 radical (unpaired) electrons. The molecule has 1 aromatic rings. The van der Waals surface area contributed by atoms with E-state index in [1.54, 1.807) is 24.3 Å². The summed E-state index contributed by atoms with van der Waals surface area (Å²) in [4.78, 5) is 0. The minimum Gasteiger partial charge on any atom is -0.201 e. The minimum atomic E-state index is -4.71. The van der Waals surface area contributed by atoms with Crippen molar-refractivity contribution < 1.29 is 22.0 Å². The number of hydrogen-bond acceptors (Lipinski definition) is 0. The topological polar surface area (TPSA) is 0 Å². The third-order valence-corrected chi connectivity index (χ3v) is 3.73. The van der Waals surface area contributed by atoms with Crippen LogP contribution in [0.2, 0.25) is 0 Å². The highest BCUT2D eigenvalue weighted by Gasteiger charge is 2.41. The first kappa shape index (κ1) is 18.4. The number of hydrogen-bond donors (Lipinski definition) is 0. The van der Waals surface area contributed by atoms with E-state index in [2.05, 4.69) is 6.58 Å². The number of benzene rings is 1. The summed E-state index contributed by atoms with van der Waals surface area (Å²) in [5.41, 5.74) is -0.716. The molecular formula is C17H19F5. The average molecular weight is 318 g/mol. The van der Waals surface area contributed by atoms with Gasteiger partial charge >= 0.3 is 6.18 Å². The lowest BCUT2D eigenvalue weighted by Gasteiger charge is -2.27. The molecule has 122 valence electrons. The van der Waals surface area contributed by atoms with Crippen LogP contribution in [0.5, 0.6) is 0 Å². The van der Waals surface area contributed by atoms with Crippen LogP contribution in [0.1, 0.15) is 37.8 Å². The monoisotopic (exact) mass is 318 g/mol. The lowest BCUT2D eigenvalue weighted by molar-refractivity contribution is -0.0881. The Morgan fingerprint density at radius 1 is 1.18 bits per heavy atom. The van der Waals surface area contributed by atoms with Crippen LogP contribution in [-0.4, -0.2) is 12.1 Å². The highest BCUT2D eigenvalue weighted by atomic mass is 19.4. The Balaban J connectivity index is 3.17. The number of alkyl halides is 5. The van der Waals surface area contributed by atoms with Crippen molar-refractivity contribution in [3.8, 4) is 0 Å². The summed E-state index contributed by atoms with van der Waals surface area (Å²) in [5.74, 6) is -4.61. The Morgan fingerprint density at radius 2 is 1.73 bits per heavy atom. The zero-order valence-corrected chi connectivity index (χ0v) is 12.8. The summed E-state index contributed by atoms with van der Waals surface area (Å²) in [6.07, 6.45) is -3.71. The van der Waals surface area contributed by atoms with E-state index in [1.165, 1.54) is 6.92 Å². The Labute approximate surface area is 127 Å². The number of aryl methyl sites for hydroxylation is 1. The maximum Gasteiger partial charge on any atom is 0.415 e. The van der Waals surface area contributed by atoms with E-state index >= 15 is 0 Å². The smallest absolute Gasteiger partial charge is 0.201 e. The van der Waals surface area contributed by atoms with Gasteiger partial charge in [-0.05, 0) is 36.1 Å². The van der Waals surface area contributed by atoms with E-state index in [0.717, 1.165) is 12.5 Å². The Kier molecular flexibility index (Phi) is 5.54. The fourth-order valence-corrected chi connectivity index (χ4v) is 2.25. The molecule has 0 bridgehead atoms. The predicted molar refractivity (Wildman–Crippen MR) is 78.1 cm³/mol. The van der Waals surface area contributed by atoms with Gasteiger partial charge in [-0.2, -0.15) is 13.2 Å². The van der Waals surface area contributed by atoms with Gasteiger partial charge in [0, 0.05) is 11.5 Å². The second-order valence-corrected chi connectivity index (χ2v) is 5.25. The molecule has 0 heterocycles. The highest BCUT2D eigenvalue weighted by molar-refractivity contribution is 5.36. The Bertz CT molecular complexity index is 567. The molecule has 1 atom stereocenters. The van der Waals surface area contributed by atoms with Gasteiger partial charge in [-0.15, -0.1) is 0 Å². The summed E-state index contributed by atoms with van der Waals surface area (Å²) < 4.78 is 66.3. The van der Waals surface area contributed by atoms with Crippen molar-refractivity contribution in [2.75, 3.05) is 0 Å². The molecule has 1 rings (SSSR count). The summed E-state index contributed by atoms with van der Waals surface area (Å²) in [7, 11) is 0. The van der Waals surface area contributed by atoms with E-state index in [4.69, 9.17) is 0 Å². The zero-order valence-electron chi connectivity index (χ0n) is 12.8. The minimum absolute atomic E-state index is 0.422. The molecule has 22 heavy (non-hydrogen) atoms. The van der Waals surface area contributed by atoms with Crippen LogP contribution in [0, 0.1) is 0 Å². The van der Waals surface area contributed by atoms with Crippen molar-refractivity contribution in [1.29, 1.82) is 0 Å². The van der Waals surface area contributed by atoms with Crippen molar-refractivity contribution in [3.63, 3.8) is 0 Å². The van der Waals surface area contributed by atoms with Crippen molar-refractivity contribution in [2.45, 2.75) is 45.2 Å². The van der Waals surface area contributed by atoms with E-state index in [1.807, 2.05) is 6.92 Å². The van der Waals surface area contributed by atoms with Crippen LogP contribution in [0.15, 0.2) is 48.1 Å². The van der Waals surface area contributed by atoms with Gasteiger partial charge in [-0.3, -0.25) is 0 Å². The summed E-state index contributed by atoms with van der Waals surface area (Å²) in [6.45, 7) is 6.98. The normalized spacial score (nSPS) is 14.8. The molecule has 1 unspecified atom stereocenters. The second-order valence-electron chi connectivity index (χ2n) is 5.25. The van der Waals surface area contributed by atoms with Crippen LogP contribution in [0.4, 0.5) is 22.0 Å². The molecule has 0 aromatic heterocycles. The van der Waals surface area contributed by atoms with Gasteiger partial charge in [-0.1, -0.05) is 44.7 Å². The lowest BCUT2D eigenvalue weighted by Crippen LogP contribution is -2.27. The van der Waals surface area contributed by atoms with Crippen molar-refractivity contribution in [1.82, 2.24) is 0 Å². The van der Waals surface area contributed by atoms with Crippen LogP contribution in [0.3, 0.4) is 0 Å². The lowest BCUT2D eigenvalue weighted by atomic mass is 9.86. The molecule has 0 amide bonds. The Morgan fingerprint density at radius 3 is 2.23 bits per heavy atom. The maximum absolute atomic E-state index is 14.5. The molecule has 0 nitrogen and oxygen atoms in total. The molecular weight excluding hydrogens is 299 g/mol. The quantitative estimate of drug-likeness (QED) is 0.458. The van der Waals surface area contributed by atoms with Gasteiger partial charge in [0.1, 0.15) is 0 Å². The van der Waals surface area contributed by atoms with Crippen LogP contribution >= 0.6 is 0 Å². The van der Waals surface area contributed by atoms with Gasteiger partial charge in [0.05, 0.1) is 0 Å². The van der Waals surface area contributed by atoms with Gasteiger partial charge in [0.25, 0.3) is 5.92 Å². The summed E-state index contributed by atoms with van der Waals surface area (Å²) in [5, 5.41) is 0. The molecule has 0 saturated carbocycles. The third-order valence-electron chi connectivity index (χ3n) is 3.73.